The van der Waals surface area contributed by atoms with E-state index < -0.39 is 0 Å². The van der Waals surface area contributed by atoms with Gasteiger partial charge in [-0.3, -0.25) is 4.90 Å². The fraction of sp³-hybridized carbons (Fsp3) is 0.846. The monoisotopic (exact) mass is 227 g/mol. The molecule has 94 valence electrons. The van der Waals surface area contributed by atoms with Crippen LogP contribution in [0.1, 0.15) is 32.6 Å². The largest absolute Gasteiger partial charge is 0.513 e. The summed E-state index contributed by atoms with van der Waals surface area (Å²) in [5.74, 6) is 0.662. The first-order valence-corrected chi connectivity index (χ1v) is 6.42. The van der Waals surface area contributed by atoms with Crippen LogP contribution in [0, 0.1) is 5.92 Å². The van der Waals surface area contributed by atoms with Crippen molar-refractivity contribution in [1.82, 2.24) is 4.90 Å². The minimum atomic E-state index is 0.297. The Bertz CT molecular complexity index is 200. The average molecular weight is 227 g/mol. The lowest BCUT2D eigenvalue weighted by atomic mass is 9.96. The maximum absolute atomic E-state index is 9.45. The summed E-state index contributed by atoms with van der Waals surface area (Å²) in [7, 11) is 0. The molecule has 1 heterocycles. The lowest BCUT2D eigenvalue weighted by molar-refractivity contribution is 0.0366. The first-order valence-electron chi connectivity index (χ1n) is 6.42. The fourth-order valence-electron chi connectivity index (χ4n) is 2.21. The van der Waals surface area contributed by atoms with Crippen molar-refractivity contribution >= 4 is 0 Å². The predicted molar refractivity (Wildman–Crippen MR) is 66.7 cm³/mol. The van der Waals surface area contributed by atoms with Gasteiger partial charge in [0.2, 0.25) is 0 Å². The molecular weight excluding hydrogens is 202 g/mol. The molecule has 0 aromatic heterocycles. The van der Waals surface area contributed by atoms with Gasteiger partial charge >= 0.3 is 0 Å². The molecule has 1 aliphatic rings. The lowest BCUT2D eigenvalue weighted by Gasteiger charge is -2.27. The van der Waals surface area contributed by atoms with Gasteiger partial charge in [-0.2, -0.15) is 0 Å². The number of ether oxygens (including phenoxy) is 1. The van der Waals surface area contributed by atoms with Crippen molar-refractivity contribution in [3.05, 3.63) is 12.3 Å². The number of hydrogen-bond donors (Lipinski definition) is 1. The van der Waals surface area contributed by atoms with Crippen LogP contribution in [0.2, 0.25) is 0 Å². The molecule has 1 N–H and O–H groups in total. The molecule has 1 rings (SSSR count). The average Bonchev–Trinajstić information content (AvgIpc) is 2.29. The Hall–Kier alpha value is -0.540. The zero-order valence-electron chi connectivity index (χ0n) is 10.5. The second-order valence-electron chi connectivity index (χ2n) is 4.57. The molecule has 0 aromatic carbocycles. The number of nitrogens with zero attached hydrogens (tertiary/aromatic N) is 1. The van der Waals surface area contributed by atoms with E-state index in [9.17, 15) is 5.11 Å². The molecule has 3 heteroatoms. The second kappa shape index (κ2) is 7.69. The van der Waals surface area contributed by atoms with E-state index in [2.05, 4.69) is 18.4 Å². The number of aliphatic hydroxyl groups excluding tert-OH is 1. The van der Waals surface area contributed by atoms with E-state index in [1.165, 1.54) is 0 Å². The van der Waals surface area contributed by atoms with Crippen molar-refractivity contribution in [2.24, 2.45) is 5.92 Å². The standard InChI is InChI=1S/C13H25NO2/c1-3-5-13(12(2)15)6-4-7-14-8-10-16-11-9-14/h13,15H,2-11H2,1H3/t13-/m0/s1. The number of hydrogen-bond acceptors (Lipinski definition) is 3. The predicted octanol–water partition coefficient (Wildman–Crippen LogP) is 2.59. The van der Waals surface area contributed by atoms with Crippen LogP contribution in [0.4, 0.5) is 0 Å². The Morgan fingerprint density at radius 1 is 1.38 bits per heavy atom. The molecule has 3 nitrogen and oxygen atoms in total. The summed E-state index contributed by atoms with van der Waals surface area (Å²) in [6.07, 6.45) is 4.37. The van der Waals surface area contributed by atoms with Gasteiger partial charge in [-0.25, -0.2) is 0 Å². The minimum Gasteiger partial charge on any atom is -0.513 e. The first kappa shape index (κ1) is 13.5. The smallest absolute Gasteiger partial charge is 0.0881 e. The van der Waals surface area contributed by atoms with Gasteiger partial charge in [-0.1, -0.05) is 19.9 Å². The minimum absolute atomic E-state index is 0.297. The van der Waals surface area contributed by atoms with E-state index in [0.29, 0.717) is 11.7 Å². The molecule has 0 radical (unpaired) electrons. The third-order valence-corrected chi connectivity index (χ3v) is 3.24. The summed E-state index contributed by atoms with van der Waals surface area (Å²) in [5.41, 5.74) is 0. The number of rotatable bonds is 7. The van der Waals surface area contributed by atoms with E-state index in [1.807, 2.05) is 0 Å². The Labute approximate surface area is 99.1 Å². The van der Waals surface area contributed by atoms with Crippen LogP contribution in [0.5, 0.6) is 0 Å². The van der Waals surface area contributed by atoms with E-state index in [1.54, 1.807) is 0 Å². The quantitative estimate of drug-likeness (QED) is 0.679. The van der Waals surface area contributed by atoms with Crippen molar-refractivity contribution in [2.45, 2.75) is 32.6 Å². The Kier molecular flexibility index (Phi) is 6.50. The molecule has 0 amide bonds. The van der Waals surface area contributed by atoms with Crippen molar-refractivity contribution in [2.75, 3.05) is 32.8 Å². The highest BCUT2D eigenvalue weighted by Gasteiger charge is 2.13. The Balaban J connectivity index is 2.13. The van der Waals surface area contributed by atoms with E-state index in [4.69, 9.17) is 4.74 Å². The summed E-state index contributed by atoms with van der Waals surface area (Å²) in [5, 5.41) is 9.45. The molecule has 0 bridgehead atoms. The Morgan fingerprint density at radius 3 is 2.62 bits per heavy atom. The van der Waals surface area contributed by atoms with Crippen LogP contribution in [-0.4, -0.2) is 42.9 Å². The maximum atomic E-state index is 9.45. The second-order valence-corrected chi connectivity index (χ2v) is 4.57. The lowest BCUT2D eigenvalue weighted by Crippen LogP contribution is -2.36. The normalized spacial score (nSPS) is 19.6. The SMILES string of the molecule is C=C(O)[C@@H](CCC)CCCN1CCOCC1. The van der Waals surface area contributed by atoms with Gasteiger partial charge < -0.3 is 9.84 Å². The van der Waals surface area contributed by atoms with Crippen molar-refractivity contribution < 1.29 is 9.84 Å². The molecule has 0 aromatic rings. The van der Waals surface area contributed by atoms with Crippen molar-refractivity contribution in [3.63, 3.8) is 0 Å². The zero-order chi connectivity index (χ0) is 11.8. The fourth-order valence-corrected chi connectivity index (χ4v) is 2.21. The molecule has 0 unspecified atom stereocenters. The van der Waals surface area contributed by atoms with Crippen LogP contribution in [0.3, 0.4) is 0 Å². The first-order chi connectivity index (χ1) is 7.74. The van der Waals surface area contributed by atoms with Crippen LogP contribution >= 0.6 is 0 Å². The summed E-state index contributed by atoms with van der Waals surface area (Å²) in [6, 6.07) is 0. The molecular formula is C13H25NO2. The third-order valence-electron chi connectivity index (χ3n) is 3.24. The van der Waals surface area contributed by atoms with E-state index in [0.717, 1.165) is 58.5 Å². The van der Waals surface area contributed by atoms with Gasteiger partial charge in [0.05, 0.1) is 19.0 Å². The van der Waals surface area contributed by atoms with Crippen molar-refractivity contribution in [1.29, 1.82) is 0 Å². The summed E-state index contributed by atoms with van der Waals surface area (Å²) < 4.78 is 5.31. The third kappa shape index (κ3) is 4.99. The van der Waals surface area contributed by atoms with Crippen LogP contribution in [0.15, 0.2) is 12.3 Å². The topological polar surface area (TPSA) is 32.7 Å². The van der Waals surface area contributed by atoms with Gasteiger partial charge in [0.1, 0.15) is 0 Å². The van der Waals surface area contributed by atoms with Gasteiger partial charge in [0.25, 0.3) is 0 Å². The highest BCUT2D eigenvalue weighted by atomic mass is 16.5. The maximum Gasteiger partial charge on any atom is 0.0881 e. The molecule has 0 aliphatic carbocycles. The van der Waals surface area contributed by atoms with Crippen LogP contribution < -0.4 is 0 Å². The van der Waals surface area contributed by atoms with Gasteiger partial charge in [0.15, 0.2) is 0 Å². The molecule has 0 saturated carbocycles. The molecule has 1 saturated heterocycles. The zero-order valence-corrected chi connectivity index (χ0v) is 10.5. The molecule has 1 atom stereocenters. The van der Waals surface area contributed by atoms with E-state index >= 15 is 0 Å². The highest BCUT2D eigenvalue weighted by molar-refractivity contribution is 4.88. The number of allylic oxidation sites excluding steroid dienone is 1. The van der Waals surface area contributed by atoms with Crippen LogP contribution in [-0.2, 0) is 4.74 Å². The Morgan fingerprint density at radius 2 is 2.06 bits per heavy atom. The summed E-state index contributed by atoms with van der Waals surface area (Å²) >= 11 is 0. The van der Waals surface area contributed by atoms with Gasteiger partial charge in [-0.15, -0.1) is 0 Å². The molecule has 1 fully saturated rings. The highest BCUT2D eigenvalue weighted by Crippen LogP contribution is 2.19. The summed E-state index contributed by atoms with van der Waals surface area (Å²) in [4.78, 5) is 2.44. The summed E-state index contributed by atoms with van der Waals surface area (Å²) in [6.45, 7) is 10.8. The van der Waals surface area contributed by atoms with Crippen molar-refractivity contribution in [3.8, 4) is 0 Å². The van der Waals surface area contributed by atoms with Crippen LogP contribution in [0.25, 0.3) is 0 Å². The molecule has 16 heavy (non-hydrogen) atoms. The van der Waals surface area contributed by atoms with Gasteiger partial charge in [0, 0.05) is 19.0 Å². The number of morpholine rings is 1. The molecule has 1 aliphatic heterocycles. The van der Waals surface area contributed by atoms with E-state index in [-0.39, 0.29) is 0 Å². The van der Waals surface area contributed by atoms with Gasteiger partial charge in [-0.05, 0) is 25.8 Å². The molecule has 0 spiro atoms. The number of aliphatic hydroxyl groups is 1.